The van der Waals surface area contributed by atoms with Crippen LogP contribution in [-0.2, 0) is 9.53 Å². The van der Waals surface area contributed by atoms with Crippen molar-refractivity contribution >= 4 is 5.91 Å². The highest BCUT2D eigenvalue weighted by atomic mass is 16.5. The van der Waals surface area contributed by atoms with Crippen molar-refractivity contribution in [3.05, 3.63) is 0 Å². The molecule has 0 aliphatic carbocycles. The lowest BCUT2D eigenvalue weighted by Crippen LogP contribution is -2.36. The summed E-state index contributed by atoms with van der Waals surface area (Å²) in [5.74, 6) is 0.215. The van der Waals surface area contributed by atoms with E-state index in [0.29, 0.717) is 13.0 Å². The Balaban J connectivity index is 2.28. The summed E-state index contributed by atoms with van der Waals surface area (Å²) in [6, 6.07) is 0. The van der Waals surface area contributed by atoms with Gasteiger partial charge in [-0.05, 0) is 32.5 Å². The maximum atomic E-state index is 11.8. The minimum absolute atomic E-state index is 0.215. The van der Waals surface area contributed by atoms with E-state index >= 15 is 0 Å². The summed E-state index contributed by atoms with van der Waals surface area (Å²) >= 11 is 0. The van der Waals surface area contributed by atoms with Crippen molar-refractivity contribution in [2.75, 3.05) is 53.0 Å². The second kappa shape index (κ2) is 8.44. The normalized spacial score (nSPS) is 18.1. The van der Waals surface area contributed by atoms with E-state index in [-0.39, 0.29) is 5.91 Å². The first-order chi connectivity index (χ1) is 8.27. The third-order valence-corrected chi connectivity index (χ3v) is 3.14. The van der Waals surface area contributed by atoms with Gasteiger partial charge >= 0.3 is 0 Å². The molecular weight excluding hydrogens is 218 g/mol. The number of methoxy groups -OCH3 is 1. The third-order valence-electron chi connectivity index (χ3n) is 3.14. The molecule has 0 aromatic carbocycles. The number of carbonyl (C=O) groups excluding carboxylic acids is 1. The Kier molecular flexibility index (Phi) is 7.16. The van der Waals surface area contributed by atoms with Crippen LogP contribution >= 0.6 is 0 Å². The quantitative estimate of drug-likeness (QED) is 0.708. The number of hydrogen-bond acceptors (Lipinski definition) is 4. The van der Waals surface area contributed by atoms with E-state index in [1.54, 1.807) is 7.11 Å². The van der Waals surface area contributed by atoms with Crippen LogP contribution < -0.4 is 5.73 Å². The Bertz CT molecular complexity index is 224. The van der Waals surface area contributed by atoms with E-state index in [1.165, 1.54) is 0 Å². The summed E-state index contributed by atoms with van der Waals surface area (Å²) in [5, 5.41) is 0. The average molecular weight is 243 g/mol. The van der Waals surface area contributed by atoms with E-state index in [1.807, 2.05) is 4.90 Å². The van der Waals surface area contributed by atoms with Crippen molar-refractivity contribution in [1.29, 1.82) is 0 Å². The molecule has 1 rings (SSSR count). The number of ether oxygens (including phenoxy) is 1. The Morgan fingerprint density at radius 1 is 1.29 bits per heavy atom. The SMILES string of the molecule is COCCC(=O)N1CCCN(CCCN)CC1. The number of amides is 1. The molecule has 1 amide bonds. The van der Waals surface area contributed by atoms with Crippen molar-refractivity contribution < 1.29 is 9.53 Å². The molecule has 100 valence electrons. The Hall–Kier alpha value is -0.650. The molecule has 1 aliphatic heterocycles. The lowest BCUT2D eigenvalue weighted by atomic mass is 10.3. The third kappa shape index (κ3) is 5.48. The zero-order chi connectivity index (χ0) is 12.5. The van der Waals surface area contributed by atoms with Gasteiger partial charge in [0.15, 0.2) is 0 Å². The van der Waals surface area contributed by atoms with Gasteiger partial charge in [0.1, 0.15) is 0 Å². The van der Waals surface area contributed by atoms with Gasteiger partial charge in [0.2, 0.25) is 5.91 Å². The molecule has 0 radical (unpaired) electrons. The zero-order valence-corrected chi connectivity index (χ0v) is 10.9. The summed E-state index contributed by atoms with van der Waals surface area (Å²) < 4.78 is 4.94. The van der Waals surface area contributed by atoms with Crippen molar-refractivity contribution in [2.45, 2.75) is 19.3 Å². The van der Waals surface area contributed by atoms with Crippen LogP contribution in [0.2, 0.25) is 0 Å². The van der Waals surface area contributed by atoms with Gasteiger partial charge in [-0.3, -0.25) is 4.79 Å². The van der Waals surface area contributed by atoms with Crippen LogP contribution in [0.25, 0.3) is 0 Å². The molecule has 0 aromatic heterocycles. The van der Waals surface area contributed by atoms with E-state index in [2.05, 4.69) is 4.90 Å². The Morgan fingerprint density at radius 3 is 2.82 bits per heavy atom. The molecule has 0 atom stereocenters. The zero-order valence-electron chi connectivity index (χ0n) is 10.9. The van der Waals surface area contributed by atoms with Gasteiger partial charge in [0.05, 0.1) is 13.0 Å². The summed E-state index contributed by atoms with van der Waals surface area (Å²) in [7, 11) is 1.63. The fourth-order valence-corrected chi connectivity index (χ4v) is 2.11. The van der Waals surface area contributed by atoms with E-state index in [0.717, 1.165) is 52.1 Å². The van der Waals surface area contributed by atoms with Crippen LogP contribution in [-0.4, -0.2) is 68.7 Å². The largest absolute Gasteiger partial charge is 0.384 e. The number of rotatable bonds is 6. The summed E-state index contributed by atoms with van der Waals surface area (Å²) in [4.78, 5) is 16.2. The van der Waals surface area contributed by atoms with Crippen molar-refractivity contribution in [2.24, 2.45) is 5.73 Å². The molecule has 1 aliphatic rings. The first kappa shape index (κ1) is 14.4. The molecule has 17 heavy (non-hydrogen) atoms. The standard InChI is InChI=1S/C12H25N3O2/c1-17-11-4-12(16)15-8-3-7-14(9-10-15)6-2-5-13/h2-11,13H2,1H3. The van der Waals surface area contributed by atoms with E-state index < -0.39 is 0 Å². The number of hydrogen-bond donors (Lipinski definition) is 1. The molecular formula is C12H25N3O2. The van der Waals surface area contributed by atoms with Gasteiger partial charge in [-0.2, -0.15) is 0 Å². The van der Waals surface area contributed by atoms with Gasteiger partial charge in [-0.1, -0.05) is 0 Å². The minimum atomic E-state index is 0.215. The van der Waals surface area contributed by atoms with Crippen LogP contribution in [0, 0.1) is 0 Å². The molecule has 2 N–H and O–H groups in total. The second-order valence-electron chi connectivity index (χ2n) is 4.46. The molecule has 0 spiro atoms. The number of nitrogens with zero attached hydrogens (tertiary/aromatic N) is 2. The van der Waals surface area contributed by atoms with Gasteiger partial charge in [-0.15, -0.1) is 0 Å². The van der Waals surface area contributed by atoms with Gasteiger partial charge in [-0.25, -0.2) is 0 Å². The van der Waals surface area contributed by atoms with Crippen molar-refractivity contribution in [3.8, 4) is 0 Å². The maximum absolute atomic E-state index is 11.8. The van der Waals surface area contributed by atoms with Crippen molar-refractivity contribution in [1.82, 2.24) is 9.80 Å². The molecule has 5 heteroatoms. The van der Waals surface area contributed by atoms with Crippen LogP contribution in [0.3, 0.4) is 0 Å². The van der Waals surface area contributed by atoms with Crippen LogP contribution in [0.4, 0.5) is 0 Å². The van der Waals surface area contributed by atoms with Gasteiger partial charge in [0, 0.05) is 26.7 Å². The molecule has 0 saturated carbocycles. The first-order valence-corrected chi connectivity index (χ1v) is 6.47. The van der Waals surface area contributed by atoms with E-state index in [9.17, 15) is 4.79 Å². The second-order valence-corrected chi connectivity index (χ2v) is 4.46. The minimum Gasteiger partial charge on any atom is -0.384 e. The molecule has 1 saturated heterocycles. The highest BCUT2D eigenvalue weighted by Gasteiger charge is 2.18. The number of nitrogens with two attached hydrogens (primary N) is 1. The smallest absolute Gasteiger partial charge is 0.224 e. The predicted octanol–water partition coefficient (Wildman–Crippen LogP) is -0.0940. The molecule has 0 aromatic rings. The number of carbonyl (C=O) groups is 1. The maximum Gasteiger partial charge on any atom is 0.224 e. The summed E-state index contributed by atoms with van der Waals surface area (Å²) in [6.45, 7) is 6.08. The molecule has 1 fully saturated rings. The van der Waals surface area contributed by atoms with Gasteiger partial charge < -0.3 is 20.3 Å². The topological polar surface area (TPSA) is 58.8 Å². The Morgan fingerprint density at radius 2 is 2.12 bits per heavy atom. The molecule has 0 unspecified atom stereocenters. The Labute approximate surface area is 104 Å². The highest BCUT2D eigenvalue weighted by molar-refractivity contribution is 5.76. The molecule has 1 heterocycles. The summed E-state index contributed by atoms with van der Waals surface area (Å²) in [5.41, 5.74) is 5.51. The average Bonchev–Trinajstić information content (AvgIpc) is 2.59. The summed E-state index contributed by atoms with van der Waals surface area (Å²) in [6.07, 6.45) is 2.60. The highest BCUT2D eigenvalue weighted by Crippen LogP contribution is 2.05. The van der Waals surface area contributed by atoms with Gasteiger partial charge in [0.25, 0.3) is 0 Å². The van der Waals surface area contributed by atoms with Crippen LogP contribution in [0.1, 0.15) is 19.3 Å². The van der Waals surface area contributed by atoms with Crippen LogP contribution in [0.5, 0.6) is 0 Å². The lowest BCUT2D eigenvalue weighted by molar-refractivity contribution is -0.132. The van der Waals surface area contributed by atoms with E-state index in [4.69, 9.17) is 10.5 Å². The molecule has 5 nitrogen and oxygen atoms in total. The lowest BCUT2D eigenvalue weighted by Gasteiger charge is -2.21. The first-order valence-electron chi connectivity index (χ1n) is 6.47. The monoisotopic (exact) mass is 243 g/mol. The fraction of sp³-hybridized carbons (Fsp3) is 0.917. The molecule has 0 bridgehead atoms. The fourth-order valence-electron chi connectivity index (χ4n) is 2.11. The predicted molar refractivity (Wildman–Crippen MR) is 67.8 cm³/mol. The van der Waals surface area contributed by atoms with Crippen molar-refractivity contribution in [3.63, 3.8) is 0 Å². The van der Waals surface area contributed by atoms with Crippen LogP contribution in [0.15, 0.2) is 0 Å².